The maximum absolute atomic E-state index is 2.60. The first-order valence-corrected chi connectivity index (χ1v) is 20.1. The number of fused-ring (bicyclic) bond motifs is 3. The fourth-order valence-electron chi connectivity index (χ4n) is 11.9. The van der Waals surface area contributed by atoms with Gasteiger partial charge in [0.15, 0.2) is 0 Å². The Balaban J connectivity index is 1.20. The van der Waals surface area contributed by atoms with E-state index in [-0.39, 0.29) is 16.2 Å². The number of rotatable bonds is 4. The molecule has 252 valence electrons. The van der Waals surface area contributed by atoms with Gasteiger partial charge in [-0.3, -0.25) is 0 Å². The first-order chi connectivity index (χ1) is 24.2. The Bertz CT molecular complexity index is 2080. The third-order valence-electron chi connectivity index (χ3n) is 13.9. The Kier molecular flexibility index (Phi) is 6.90. The molecule has 1 nitrogen and oxygen atoms in total. The molecule has 5 aliphatic carbocycles. The Labute approximate surface area is 303 Å². The molecule has 6 aliphatic rings. The van der Waals surface area contributed by atoms with E-state index >= 15 is 0 Å². The summed E-state index contributed by atoms with van der Waals surface area (Å²) >= 11 is 2.03. The van der Waals surface area contributed by atoms with Gasteiger partial charge in [0, 0.05) is 26.6 Å². The van der Waals surface area contributed by atoms with Crippen LogP contribution in [0, 0.1) is 23.7 Å². The van der Waals surface area contributed by atoms with Crippen LogP contribution in [0.3, 0.4) is 0 Å². The van der Waals surface area contributed by atoms with Crippen molar-refractivity contribution in [2.24, 2.45) is 23.7 Å². The van der Waals surface area contributed by atoms with Crippen molar-refractivity contribution in [2.45, 2.75) is 98.7 Å². The summed E-state index contributed by atoms with van der Waals surface area (Å²) in [5.74, 6) is 3.25. The van der Waals surface area contributed by atoms with Gasteiger partial charge in [-0.05, 0) is 149 Å². The zero-order valence-corrected chi connectivity index (χ0v) is 30.9. The van der Waals surface area contributed by atoms with Crippen molar-refractivity contribution in [1.29, 1.82) is 0 Å². The van der Waals surface area contributed by atoms with E-state index in [1.54, 1.807) is 11.1 Å². The van der Waals surface area contributed by atoms with Crippen molar-refractivity contribution in [3.63, 3.8) is 0 Å². The molecule has 0 saturated heterocycles. The molecule has 0 aromatic heterocycles. The average molecular weight is 672 g/mol. The third kappa shape index (κ3) is 4.46. The van der Waals surface area contributed by atoms with Gasteiger partial charge in [0.1, 0.15) is 0 Å². The molecule has 1 spiro atoms. The van der Waals surface area contributed by atoms with Crippen LogP contribution in [0.15, 0.2) is 125 Å². The Morgan fingerprint density at radius 2 is 1.20 bits per heavy atom. The van der Waals surface area contributed by atoms with Crippen LogP contribution < -0.4 is 4.90 Å². The summed E-state index contributed by atoms with van der Waals surface area (Å²) in [5, 5.41) is 0. The molecule has 11 rings (SSSR count). The number of anilines is 3. The lowest BCUT2D eigenvalue weighted by Gasteiger charge is -2.63. The van der Waals surface area contributed by atoms with Crippen molar-refractivity contribution in [2.75, 3.05) is 4.90 Å². The summed E-state index contributed by atoms with van der Waals surface area (Å²) in [6.45, 7) is 9.82. The predicted octanol–water partition coefficient (Wildman–Crippen LogP) is 13.4. The van der Waals surface area contributed by atoms with Gasteiger partial charge in [0.05, 0.1) is 5.69 Å². The van der Waals surface area contributed by atoms with Gasteiger partial charge in [-0.25, -0.2) is 0 Å². The normalized spacial score (nSPS) is 27.8. The zero-order chi connectivity index (χ0) is 33.8. The van der Waals surface area contributed by atoms with E-state index in [4.69, 9.17) is 0 Å². The molecule has 0 atom stereocenters. The molecule has 0 N–H and O–H groups in total. The highest BCUT2D eigenvalue weighted by molar-refractivity contribution is 7.99. The largest absolute Gasteiger partial charge is 0.310 e. The first-order valence-electron chi connectivity index (χ1n) is 19.2. The zero-order valence-electron chi connectivity index (χ0n) is 30.1. The molecule has 0 amide bonds. The van der Waals surface area contributed by atoms with Crippen LogP contribution >= 0.6 is 11.8 Å². The molecule has 0 unspecified atom stereocenters. The van der Waals surface area contributed by atoms with E-state index in [1.165, 1.54) is 94.1 Å². The average Bonchev–Trinajstić information content (AvgIpc) is 3.12. The minimum atomic E-state index is 0.0732. The fourth-order valence-corrected chi connectivity index (χ4v) is 13.2. The summed E-state index contributed by atoms with van der Waals surface area (Å²) in [6, 6.07) is 44.4. The molecule has 2 heteroatoms. The number of para-hydroxylation sites is 1. The highest BCUT2D eigenvalue weighted by Crippen LogP contribution is 2.70. The lowest BCUT2D eigenvalue weighted by atomic mass is 9.41. The summed E-state index contributed by atoms with van der Waals surface area (Å²) in [4.78, 5) is 5.54. The van der Waals surface area contributed by atoms with E-state index in [0.29, 0.717) is 11.8 Å². The molecular formula is C48H49NS. The van der Waals surface area contributed by atoms with Crippen LogP contribution in [0.25, 0.3) is 11.1 Å². The smallest absolute Gasteiger partial charge is 0.0502 e. The SMILES string of the molecule is CC1(C)CCC(C)(C)c2c(N(c3ccccc3)c3ccc4c(c3)Sc3cccc(-c5ccccc5)c3C43C4CC5CC(C4)CC3C5)cccc21. The van der Waals surface area contributed by atoms with Gasteiger partial charge in [-0.1, -0.05) is 118 Å². The maximum Gasteiger partial charge on any atom is 0.0502 e. The Hall–Kier alpha value is -3.75. The summed E-state index contributed by atoms with van der Waals surface area (Å²) in [5.41, 5.74) is 13.3. The second-order valence-electron chi connectivity index (χ2n) is 17.6. The van der Waals surface area contributed by atoms with Crippen LogP contribution in [-0.4, -0.2) is 0 Å². The van der Waals surface area contributed by atoms with Crippen molar-refractivity contribution < 1.29 is 0 Å². The topological polar surface area (TPSA) is 3.24 Å². The second-order valence-corrected chi connectivity index (χ2v) is 18.7. The minimum absolute atomic E-state index is 0.0732. The van der Waals surface area contributed by atoms with E-state index in [2.05, 4.69) is 148 Å². The predicted molar refractivity (Wildman–Crippen MR) is 210 cm³/mol. The molecule has 0 radical (unpaired) electrons. The van der Waals surface area contributed by atoms with Crippen molar-refractivity contribution in [3.8, 4) is 11.1 Å². The molecule has 4 fully saturated rings. The van der Waals surface area contributed by atoms with Crippen molar-refractivity contribution >= 4 is 28.8 Å². The van der Waals surface area contributed by atoms with Gasteiger partial charge in [0.25, 0.3) is 0 Å². The van der Waals surface area contributed by atoms with E-state index in [9.17, 15) is 0 Å². The van der Waals surface area contributed by atoms with Crippen molar-refractivity contribution in [3.05, 3.63) is 138 Å². The molecule has 5 aromatic carbocycles. The molecule has 1 aliphatic heterocycles. The lowest BCUT2D eigenvalue weighted by molar-refractivity contribution is -0.0441. The number of nitrogens with zero attached hydrogens (tertiary/aromatic N) is 1. The molecule has 50 heavy (non-hydrogen) atoms. The fraction of sp³-hybridized carbons (Fsp3) is 0.375. The summed E-state index contributed by atoms with van der Waals surface area (Å²) < 4.78 is 0. The van der Waals surface area contributed by atoms with Crippen LogP contribution in [0.1, 0.15) is 94.9 Å². The van der Waals surface area contributed by atoms with Crippen LogP contribution in [-0.2, 0) is 16.2 Å². The first kappa shape index (κ1) is 31.0. The highest BCUT2D eigenvalue weighted by atomic mass is 32.2. The number of hydrogen-bond donors (Lipinski definition) is 0. The van der Waals surface area contributed by atoms with Gasteiger partial charge < -0.3 is 4.90 Å². The van der Waals surface area contributed by atoms with E-state index in [0.717, 1.165) is 11.8 Å². The van der Waals surface area contributed by atoms with Gasteiger partial charge in [0.2, 0.25) is 0 Å². The summed E-state index contributed by atoms with van der Waals surface area (Å²) in [7, 11) is 0. The number of benzene rings is 5. The minimum Gasteiger partial charge on any atom is -0.310 e. The van der Waals surface area contributed by atoms with Gasteiger partial charge >= 0.3 is 0 Å². The number of hydrogen-bond acceptors (Lipinski definition) is 2. The van der Waals surface area contributed by atoms with Gasteiger partial charge in [-0.15, -0.1) is 0 Å². The maximum atomic E-state index is 2.60. The molecule has 5 aromatic rings. The van der Waals surface area contributed by atoms with Crippen LogP contribution in [0.4, 0.5) is 17.1 Å². The third-order valence-corrected chi connectivity index (χ3v) is 15.0. The van der Waals surface area contributed by atoms with Gasteiger partial charge in [-0.2, -0.15) is 0 Å². The molecule has 4 bridgehead atoms. The molecule has 1 heterocycles. The highest BCUT2D eigenvalue weighted by Gasteiger charge is 2.61. The lowest BCUT2D eigenvalue weighted by Crippen LogP contribution is -2.57. The Morgan fingerprint density at radius 1 is 0.540 bits per heavy atom. The monoisotopic (exact) mass is 671 g/mol. The van der Waals surface area contributed by atoms with E-state index < -0.39 is 0 Å². The van der Waals surface area contributed by atoms with Crippen molar-refractivity contribution in [1.82, 2.24) is 0 Å². The van der Waals surface area contributed by atoms with Crippen LogP contribution in [0.5, 0.6) is 0 Å². The second kappa shape index (κ2) is 11.1. The molecular weight excluding hydrogens is 623 g/mol. The Morgan fingerprint density at radius 3 is 1.92 bits per heavy atom. The standard InChI is InChI=1S/C48H49NS/c1-46(2)23-24-47(3,4)45-40(46)18-12-19-41(45)49(36-15-9-6-10-16-36)37-21-22-39-43(30-37)50-42-20-11-17-38(33-13-7-5-8-14-33)44(42)48(39)34-26-31-25-32(28-34)29-35(48)27-31/h5-22,30-32,34-35H,23-29H2,1-4H3. The molecule has 4 saturated carbocycles. The van der Waals surface area contributed by atoms with Crippen LogP contribution in [0.2, 0.25) is 0 Å². The quantitative estimate of drug-likeness (QED) is 0.187. The van der Waals surface area contributed by atoms with E-state index in [1.807, 2.05) is 11.8 Å². The summed E-state index contributed by atoms with van der Waals surface area (Å²) in [6.07, 6.45) is 9.43.